The van der Waals surface area contributed by atoms with Crippen LogP contribution >= 0.6 is 0 Å². The van der Waals surface area contributed by atoms with E-state index in [1.807, 2.05) is 0 Å². The second-order valence-electron chi connectivity index (χ2n) is 4.52. The van der Waals surface area contributed by atoms with E-state index >= 15 is 0 Å². The first-order valence-electron chi connectivity index (χ1n) is 6.13. The Morgan fingerprint density at radius 3 is 2.48 bits per heavy atom. The summed E-state index contributed by atoms with van der Waals surface area (Å²) in [6.07, 6.45) is 0. The number of esters is 1. The molecule has 2 rings (SSSR count). The number of hydrogen-bond acceptors (Lipinski definition) is 4. The molecule has 4 nitrogen and oxygen atoms in total. The van der Waals surface area contributed by atoms with Gasteiger partial charge in [0.1, 0.15) is 11.6 Å². The quantitative estimate of drug-likeness (QED) is 0.672. The van der Waals surface area contributed by atoms with Crippen LogP contribution in [-0.2, 0) is 4.74 Å². The number of anilines is 3. The fourth-order valence-corrected chi connectivity index (χ4v) is 1.85. The first-order chi connectivity index (χ1) is 9.92. The number of ether oxygens (including phenoxy) is 1. The van der Waals surface area contributed by atoms with Crippen LogP contribution in [0.15, 0.2) is 30.3 Å². The average molecular weight is 292 g/mol. The van der Waals surface area contributed by atoms with Gasteiger partial charge >= 0.3 is 5.97 Å². The third kappa shape index (κ3) is 3.10. The molecule has 2 aromatic carbocycles. The number of rotatable bonds is 3. The Morgan fingerprint density at radius 1 is 1.14 bits per heavy atom. The molecule has 21 heavy (non-hydrogen) atoms. The molecule has 2 aromatic rings. The van der Waals surface area contributed by atoms with E-state index in [2.05, 4.69) is 10.1 Å². The summed E-state index contributed by atoms with van der Waals surface area (Å²) in [7, 11) is 1.19. The number of nitrogens with one attached hydrogen (secondary N) is 1. The summed E-state index contributed by atoms with van der Waals surface area (Å²) < 4.78 is 32.2. The molecule has 0 atom stereocenters. The Hall–Kier alpha value is -2.63. The summed E-state index contributed by atoms with van der Waals surface area (Å²) in [5.74, 6) is -1.92. The summed E-state index contributed by atoms with van der Waals surface area (Å²) >= 11 is 0. The number of carbonyl (C=O) groups is 1. The van der Waals surface area contributed by atoms with Crippen LogP contribution in [0.2, 0.25) is 0 Å². The minimum absolute atomic E-state index is 0.00876. The molecule has 0 radical (unpaired) electrons. The Bertz CT molecular complexity index is 702. The van der Waals surface area contributed by atoms with Gasteiger partial charge < -0.3 is 15.8 Å². The Labute approximate surface area is 120 Å². The summed E-state index contributed by atoms with van der Waals surface area (Å²) in [5, 5.41) is 2.61. The highest BCUT2D eigenvalue weighted by Gasteiger charge is 2.15. The lowest BCUT2D eigenvalue weighted by Gasteiger charge is -2.12. The maximum Gasteiger partial charge on any atom is 0.340 e. The third-order valence-electron chi connectivity index (χ3n) is 2.94. The second-order valence-corrected chi connectivity index (χ2v) is 4.52. The molecular formula is C15H14F2N2O2. The van der Waals surface area contributed by atoms with Crippen molar-refractivity contribution in [2.45, 2.75) is 6.92 Å². The molecule has 0 saturated heterocycles. The molecule has 110 valence electrons. The van der Waals surface area contributed by atoms with E-state index < -0.39 is 17.6 Å². The van der Waals surface area contributed by atoms with Gasteiger partial charge in [-0.25, -0.2) is 13.6 Å². The lowest BCUT2D eigenvalue weighted by Crippen LogP contribution is -2.08. The maximum atomic E-state index is 13.9. The first kappa shape index (κ1) is 14.8. The number of benzene rings is 2. The van der Waals surface area contributed by atoms with Gasteiger partial charge in [0.2, 0.25) is 0 Å². The standard InChI is InChI=1S/C15H14F2N2O2/c1-8-3-4-10(16)13(5-8)19-14-6-9(15(20)21-2)12(18)7-11(14)17/h3-7,19H,18H2,1-2H3. The zero-order valence-corrected chi connectivity index (χ0v) is 11.5. The van der Waals surface area contributed by atoms with Crippen LogP contribution in [-0.4, -0.2) is 13.1 Å². The van der Waals surface area contributed by atoms with Gasteiger partial charge in [0.05, 0.1) is 24.0 Å². The van der Waals surface area contributed by atoms with Crippen LogP contribution in [0.1, 0.15) is 15.9 Å². The van der Waals surface area contributed by atoms with Crippen molar-refractivity contribution in [3.05, 3.63) is 53.1 Å². The SMILES string of the molecule is COC(=O)c1cc(Nc2cc(C)ccc2F)c(F)cc1N. The summed E-state index contributed by atoms with van der Waals surface area (Å²) in [5.41, 5.74) is 6.39. The van der Waals surface area contributed by atoms with Crippen LogP contribution in [0, 0.1) is 18.6 Å². The highest BCUT2D eigenvalue weighted by atomic mass is 19.1. The molecule has 0 fully saturated rings. The zero-order valence-electron chi connectivity index (χ0n) is 11.5. The van der Waals surface area contributed by atoms with Gasteiger partial charge in [-0.2, -0.15) is 0 Å². The van der Waals surface area contributed by atoms with Crippen molar-refractivity contribution in [3.8, 4) is 0 Å². The van der Waals surface area contributed by atoms with E-state index in [0.717, 1.165) is 11.6 Å². The van der Waals surface area contributed by atoms with Gasteiger partial charge in [-0.1, -0.05) is 6.07 Å². The highest BCUT2D eigenvalue weighted by Crippen LogP contribution is 2.27. The third-order valence-corrected chi connectivity index (χ3v) is 2.94. The molecular weight excluding hydrogens is 278 g/mol. The van der Waals surface area contributed by atoms with Crippen molar-refractivity contribution in [2.75, 3.05) is 18.2 Å². The van der Waals surface area contributed by atoms with Gasteiger partial charge in [-0.3, -0.25) is 0 Å². The van der Waals surface area contributed by atoms with Crippen LogP contribution in [0.3, 0.4) is 0 Å². The number of aryl methyl sites for hydroxylation is 1. The van der Waals surface area contributed by atoms with Crippen LogP contribution in [0.5, 0.6) is 0 Å². The topological polar surface area (TPSA) is 64.3 Å². The van der Waals surface area contributed by atoms with Crippen molar-refractivity contribution in [2.24, 2.45) is 0 Å². The van der Waals surface area contributed by atoms with Gasteiger partial charge in [0.25, 0.3) is 0 Å². The fourth-order valence-electron chi connectivity index (χ4n) is 1.85. The van der Waals surface area contributed by atoms with Crippen LogP contribution < -0.4 is 11.1 Å². The van der Waals surface area contributed by atoms with E-state index in [9.17, 15) is 13.6 Å². The lowest BCUT2D eigenvalue weighted by molar-refractivity contribution is 0.0602. The second kappa shape index (κ2) is 5.78. The Kier molecular flexibility index (Phi) is 4.07. The molecule has 0 aliphatic heterocycles. The number of carbonyl (C=O) groups excluding carboxylic acids is 1. The molecule has 0 aliphatic rings. The first-order valence-corrected chi connectivity index (χ1v) is 6.13. The molecule has 0 amide bonds. The van der Waals surface area contributed by atoms with Gasteiger partial charge in [-0.15, -0.1) is 0 Å². The molecule has 0 heterocycles. The molecule has 0 unspecified atom stereocenters. The van der Waals surface area contributed by atoms with Crippen molar-refractivity contribution in [1.82, 2.24) is 0 Å². The van der Waals surface area contributed by atoms with E-state index in [-0.39, 0.29) is 22.6 Å². The smallest absolute Gasteiger partial charge is 0.340 e. The summed E-state index contributed by atoms with van der Waals surface area (Å²) in [6, 6.07) is 6.58. The van der Waals surface area contributed by atoms with Gasteiger partial charge in [-0.05, 0) is 36.8 Å². The predicted molar refractivity (Wildman–Crippen MR) is 76.6 cm³/mol. The number of halogens is 2. The number of nitrogen functional groups attached to an aromatic ring is 1. The monoisotopic (exact) mass is 292 g/mol. The normalized spacial score (nSPS) is 10.3. The molecule has 0 spiro atoms. The number of hydrogen-bond donors (Lipinski definition) is 2. The van der Waals surface area contributed by atoms with Crippen LogP contribution in [0.25, 0.3) is 0 Å². The molecule has 6 heteroatoms. The lowest BCUT2D eigenvalue weighted by atomic mass is 10.1. The van der Waals surface area contributed by atoms with E-state index in [1.165, 1.54) is 25.3 Å². The highest BCUT2D eigenvalue weighted by molar-refractivity contribution is 5.96. The summed E-state index contributed by atoms with van der Waals surface area (Å²) in [6.45, 7) is 1.78. The molecule has 3 N–H and O–H groups in total. The van der Waals surface area contributed by atoms with E-state index in [4.69, 9.17) is 5.73 Å². The Balaban J connectivity index is 2.44. The van der Waals surface area contributed by atoms with Gasteiger partial charge in [0.15, 0.2) is 0 Å². The minimum Gasteiger partial charge on any atom is -0.465 e. The van der Waals surface area contributed by atoms with Crippen molar-refractivity contribution >= 4 is 23.0 Å². The minimum atomic E-state index is -0.694. The maximum absolute atomic E-state index is 13.9. The van der Waals surface area contributed by atoms with Crippen molar-refractivity contribution in [1.29, 1.82) is 0 Å². The molecule has 0 bridgehead atoms. The fraction of sp³-hybridized carbons (Fsp3) is 0.133. The molecule has 0 saturated carbocycles. The average Bonchev–Trinajstić information content (AvgIpc) is 2.44. The Morgan fingerprint density at radius 2 is 1.81 bits per heavy atom. The molecule has 0 aliphatic carbocycles. The van der Waals surface area contributed by atoms with Gasteiger partial charge in [0, 0.05) is 5.69 Å². The zero-order chi connectivity index (χ0) is 15.6. The number of methoxy groups -OCH3 is 1. The van der Waals surface area contributed by atoms with Crippen molar-refractivity contribution in [3.63, 3.8) is 0 Å². The largest absolute Gasteiger partial charge is 0.465 e. The van der Waals surface area contributed by atoms with E-state index in [1.54, 1.807) is 13.0 Å². The van der Waals surface area contributed by atoms with Crippen molar-refractivity contribution < 1.29 is 18.3 Å². The van der Waals surface area contributed by atoms with E-state index in [0.29, 0.717) is 0 Å². The van der Waals surface area contributed by atoms with Crippen LogP contribution in [0.4, 0.5) is 25.8 Å². The summed E-state index contributed by atoms with van der Waals surface area (Å²) in [4.78, 5) is 11.5. The number of nitrogens with two attached hydrogens (primary N) is 1. The molecule has 0 aromatic heterocycles. The predicted octanol–water partition coefficient (Wildman–Crippen LogP) is 3.39.